The Kier molecular flexibility index (Phi) is 13.7. The lowest BCUT2D eigenvalue weighted by Crippen LogP contribution is -2.69. The number of sulfone groups is 1. The molecule has 66 heavy (non-hydrogen) atoms. The van der Waals surface area contributed by atoms with Gasteiger partial charge < -0.3 is 34.7 Å². The van der Waals surface area contributed by atoms with Gasteiger partial charge in [0.2, 0.25) is 0 Å². The van der Waals surface area contributed by atoms with Crippen molar-refractivity contribution in [2.45, 2.75) is 170 Å². The second-order valence-electron chi connectivity index (χ2n) is 25.2. The lowest BCUT2D eigenvalue weighted by Gasteiger charge is -2.73. The van der Waals surface area contributed by atoms with Gasteiger partial charge >= 0.3 is 18.0 Å². The zero-order chi connectivity index (χ0) is 47.9. The topological polar surface area (TPSA) is 170 Å². The quantitative estimate of drug-likeness (QED) is 0.102. The third-order valence-electron chi connectivity index (χ3n) is 21.7. The third kappa shape index (κ3) is 8.58. The molecule has 0 aromatic heterocycles. The molecular formula is C52H87N3O10S. The van der Waals surface area contributed by atoms with Gasteiger partial charge in [-0.05, 0) is 147 Å². The number of hydrogen-bond acceptors (Lipinski definition) is 11. The van der Waals surface area contributed by atoms with Crippen LogP contribution in [-0.4, -0.2) is 125 Å². The molecule has 0 radical (unpaired) electrons. The van der Waals surface area contributed by atoms with Gasteiger partial charge in [-0.25, -0.2) is 13.2 Å². The SMILES string of the molecule is COCCOCCOC(=O)NC(C)C(CN[C@]12CC[C@@H](C3(C)CC3)[C@@H]1[C@H]1CC[C@@H]3[C@@]4(C)CC[C@H](OC(=O)[C@H]5C[C@@H](C(=O)O)C5(C)C)C(C)(C)[C@@H]4CC[C@@]3(C)[C@]1(C)CC2)N1CCS(=O)(=O)CC1. The minimum absolute atomic E-state index is 0.0198. The third-order valence-corrected chi connectivity index (χ3v) is 23.4. The van der Waals surface area contributed by atoms with Crippen LogP contribution >= 0.6 is 0 Å². The van der Waals surface area contributed by atoms with Gasteiger partial charge in [0.25, 0.3) is 0 Å². The second kappa shape index (κ2) is 18.0. The highest BCUT2D eigenvalue weighted by Gasteiger charge is 2.72. The van der Waals surface area contributed by atoms with Gasteiger partial charge in [-0.3, -0.25) is 14.5 Å². The van der Waals surface area contributed by atoms with Gasteiger partial charge in [-0.15, -0.1) is 0 Å². The van der Waals surface area contributed by atoms with Gasteiger partial charge in [0.15, 0.2) is 9.84 Å². The number of ether oxygens (including phenoxy) is 4. The average molecular weight is 946 g/mol. The number of carboxylic acid groups (broad SMARTS) is 1. The molecule has 3 N–H and O–H groups in total. The average Bonchev–Trinajstić information content (AvgIpc) is 3.86. The Balaban J connectivity index is 0.995. The number of methoxy groups -OCH3 is 1. The Morgan fingerprint density at radius 2 is 1.44 bits per heavy atom. The van der Waals surface area contributed by atoms with Crippen LogP contribution in [0.3, 0.4) is 0 Å². The number of carbonyl (C=O) groups is 3. The number of carbonyl (C=O) groups excluding carboxylic acids is 2. The van der Waals surface area contributed by atoms with Crippen LogP contribution in [0, 0.1) is 73.9 Å². The number of amides is 1. The van der Waals surface area contributed by atoms with E-state index in [9.17, 15) is 27.9 Å². The first-order chi connectivity index (χ1) is 30.9. The summed E-state index contributed by atoms with van der Waals surface area (Å²) in [6.07, 6.45) is 13.6. The maximum Gasteiger partial charge on any atom is 0.407 e. The standard InChI is InChI=1S/C52H87N3O10S/c1-33(54-45(59)64-28-27-63-26-25-62-10)38(55-23-29-66(60,61)30-24-55)32-53-52-18-13-34(48(6)19-20-48)42(52)35-11-12-40-49(7)16-15-41(65-44(58)37-31-36(43(56)57)46(37,2)3)47(4,5)39(49)14-17-51(40,9)50(35,8)21-22-52/h33-42,53H,11-32H2,1-10H3,(H,54,59)(H,56,57)/t33?,34-,35-,36+,37-,38?,39+,40-,41+,42-,49+,50-,51-,52+/m1/s1. The van der Waals surface area contributed by atoms with Crippen molar-refractivity contribution in [3.63, 3.8) is 0 Å². The molecule has 1 saturated heterocycles. The molecule has 0 spiro atoms. The number of alkyl carbamates (subject to hydrolysis) is 1. The van der Waals surface area contributed by atoms with E-state index < -0.39 is 33.2 Å². The Morgan fingerprint density at radius 1 is 0.742 bits per heavy atom. The van der Waals surface area contributed by atoms with Gasteiger partial charge in [0.05, 0.1) is 43.2 Å². The molecule has 1 aliphatic heterocycles. The van der Waals surface area contributed by atoms with Gasteiger partial charge in [0, 0.05) is 49.8 Å². The number of esters is 1. The van der Waals surface area contributed by atoms with Crippen molar-refractivity contribution in [3.05, 3.63) is 0 Å². The van der Waals surface area contributed by atoms with E-state index in [4.69, 9.17) is 18.9 Å². The fourth-order valence-electron chi connectivity index (χ4n) is 17.2. The molecule has 8 aliphatic rings. The molecular weight excluding hydrogens is 859 g/mol. The first-order valence-corrected chi connectivity index (χ1v) is 27.8. The molecule has 13 nitrogen and oxygen atoms in total. The van der Waals surface area contributed by atoms with Gasteiger partial charge in [0.1, 0.15) is 12.7 Å². The van der Waals surface area contributed by atoms with Crippen LogP contribution in [0.1, 0.15) is 146 Å². The zero-order valence-electron chi connectivity index (χ0n) is 42.3. The van der Waals surface area contributed by atoms with Crippen LogP contribution in [0.4, 0.5) is 4.79 Å². The molecule has 0 aromatic rings. The first kappa shape index (κ1) is 50.4. The van der Waals surface area contributed by atoms with E-state index in [1.54, 1.807) is 7.11 Å². The summed E-state index contributed by atoms with van der Waals surface area (Å²) in [4.78, 5) is 41.0. The Bertz CT molecular complexity index is 1930. The molecule has 7 saturated carbocycles. The van der Waals surface area contributed by atoms with Gasteiger partial charge in [-0.1, -0.05) is 55.4 Å². The number of rotatable bonds is 16. The summed E-state index contributed by atoms with van der Waals surface area (Å²) in [6.45, 7) is 24.0. The van der Waals surface area contributed by atoms with E-state index in [1.165, 1.54) is 44.9 Å². The molecule has 0 aromatic carbocycles. The van der Waals surface area contributed by atoms with Crippen molar-refractivity contribution >= 4 is 27.9 Å². The minimum Gasteiger partial charge on any atom is -0.481 e. The zero-order valence-corrected chi connectivity index (χ0v) is 43.1. The monoisotopic (exact) mass is 946 g/mol. The molecule has 376 valence electrons. The van der Waals surface area contributed by atoms with Crippen molar-refractivity contribution < 1.29 is 46.9 Å². The molecule has 14 heteroatoms. The van der Waals surface area contributed by atoms with E-state index in [0.717, 1.165) is 32.1 Å². The van der Waals surface area contributed by atoms with Crippen LogP contribution in [0.25, 0.3) is 0 Å². The summed E-state index contributed by atoms with van der Waals surface area (Å²) in [6, 6.07) is -0.377. The summed E-state index contributed by atoms with van der Waals surface area (Å²) in [5.74, 6) is 1.13. The van der Waals surface area contributed by atoms with Crippen molar-refractivity contribution in [1.82, 2.24) is 15.5 Å². The van der Waals surface area contributed by atoms with E-state index in [1.807, 2.05) is 20.8 Å². The number of aliphatic carboxylic acids is 1. The van der Waals surface area contributed by atoms with Crippen LogP contribution in [0.2, 0.25) is 0 Å². The van der Waals surface area contributed by atoms with Crippen molar-refractivity contribution in [1.29, 1.82) is 0 Å². The lowest BCUT2D eigenvalue weighted by molar-refractivity contribution is -0.250. The predicted octanol–water partition coefficient (Wildman–Crippen LogP) is 7.75. The Hall–Kier alpha value is -2.00. The number of nitrogens with one attached hydrogen (secondary N) is 2. The minimum atomic E-state index is -3.09. The van der Waals surface area contributed by atoms with E-state index in [0.29, 0.717) is 74.3 Å². The molecule has 7 aliphatic carbocycles. The summed E-state index contributed by atoms with van der Waals surface area (Å²) in [7, 11) is -1.47. The molecule has 8 rings (SSSR count). The van der Waals surface area contributed by atoms with Crippen LogP contribution in [-0.2, 0) is 38.4 Å². The fourth-order valence-corrected chi connectivity index (χ4v) is 18.4. The van der Waals surface area contributed by atoms with Crippen LogP contribution in [0.5, 0.6) is 0 Å². The number of nitrogens with zero attached hydrogens (tertiary/aromatic N) is 1. The lowest BCUT2D eigenvalue weighted by atomic mass is 9.32. The molecule has 8 fully saturated rings. The predicted molar refractivity (Wildman–Crippen MR) is 253 cm³/mol. The molecule has 2 unspecified atom stereocenters. The summed E-state index contributed by atoms with van der Waals surface area (Å²) in [5.41, 5.74) is 0.0219. The largest absolute Gasteiger partial charge is 0.481 e. The Morgan fingerprint density at radius 3 is 2.09 bits per heavy atom. The number of fused-ring (bicyclic) bond motifs is 7. The first-order valence-electron chi connectivity index (χ1n) is 26.0. The highest BCUT2D eigenvalue weighted by Crippen LogP contribution is 2.78. The smallest absolute Gasteiger partial charge is 0.407 e. The summed E-state index contributed by atoms with van der Waals surface area (Å²) >= 11 is 0. The molecule has 14 atom stereocenters. The Labute approximate surface area is 397 Å². The summed E-state index contributed by atoms with van der Waals surface area (Å²) in [5, 5.41) is 17.2. The maximum absolute atomic E-state index is 13.8. The number of hydrogen-bond donors (Lipinski definition) is 3. The normalized spacial score (nSPS) is 42.5. The van der Waals surface area contributed by atoms with E-state index in [2.05, 4.69) is 57.1 Å². The highest BCUT2D eigenvalue weighted by atomic mass is 32.2. The molecule has 0 bridgehead atoms. The van der Waals surface area contributed by atoms with Crippen molar-refractivity contribution in [3.8, 4) is 0 Å². The van der Waals surface area contributed by atoms with E-state index in [-0.39, 0.29) is 82.0 Å². The van der Waals surface area contributed by atoms with Crippen molar-refractivity contribution in [2.75, 3.05) is 64.7 Å². The fraction of sp³-hybridized carbons (Fsp3) is 0.942. The van der Waals surface area contributed by atoms with Crippen LogP contribution in [0.15, 0.2) is 0 Å². The van der Waals surface area contributed by atoms with Crippen LogP contribution < -0.4 is 10.6 Å². The molecule has 1 amide bonds. The summed E-state index contributed by atoms with van der Waals surface area (Å²) < 4.78 is 47.8. The molecule has 1 heterocycles. The van der Waals surface area contributed by atoms with Crippen molar-refractivity contribution in [2.24, 2.45) is 73.9 Å². The highest BCUT2D eigenvalue weighted by molar-refractivity contribution is 7.91. The second-order valence-corrected chi connectivity index (χ2v) is 27.5. The number of carboxylic acids is 1. The van der Waals surface area contributed by atoms with Gasteiger partial charge in [-0.2, -0.15) is 0 Å². The van der Waals surface area contributed by atoms with E-state index >= 15 is 0 Å². The maximum atomic E-state index is 13.8.